The van der Waals surface area contributed by atoms with Gasteiger partial charge in [-0.15, -0.1) is 0 Å². The molecular weight excluding hydrogens is 927 g/mol. The number of hydrogen-bond acceptors (Lipinski definition) is 11. The van der Waals surface area contributed by atoms with Crippen molar-refractivity contribution in [3.05, 3.63) is 71.8 Å². The van der Waals surface area contributed by atoms with Crippen molar-refractivity contribution in [3.63, 3.8) is 0 Å². The molecule has 1 aliphatic rings. The summed E-state index contributed by atoms with van der Waals surface area (Å²) in [5.74, 6) is -3.68. The second kappa shape index (κ2) is 33.2. The number of nitrogens with zero attached hydrogens (tertiary/aromatic N) is 4. The van der Waals surface area contributed by atoms with Gasteiger partial charge >= 0.3 is 0 Å². The molecule has 2 aromatic rings. The van der Waals surface area contributed by atoms with Crippen LogP contribution in [-0.4, -0.2) is 138 Å². The highest BCUT2D eigenvalue weighted by atomic mass is 16.2. The van der Waals surface area contributed by atoms with E-state index in [-0.39, 0.29) is 49.5 Å². The number of guanidine groups is 1. The lowest BCUT2D eigenvalue weighted by molar-refractivity contribution is -0.156. The van der Waals surface area contributed by atoms with E-state index in [1.54, 1.807) is 6.92 Å². The number of carbonyl (C=O) groups excluding carboxylic acids is 7. The third-order valence-corrected chi connectivity index (χ3v) is 13.8. The Balaban J connectivity index is 1.74. The summed E-state index contributed by atoms with van der Waals surface area (Å²) in [5, 5.41) is 8.40. The molecule has 0 unspecified atom stereocenters. The molecule has 406 valence electrons. The van der Waals surface area contributed by atoms with E-state index in [9.17, 15) is 33.6 Å². The Hall–Kier alpha value is -5.72. The highest BCUT2D eigenvalue weighted by Crippen LogP contribution is 2.28. The van der Waals surface area contributed by atoms with Crippen molar-refractivity contribution in [3.8, 4) is 0 Å². The van der Waals surface area contributed by atoms with Crippen LogP contribution in [0, 0.1) is 11.8 Å². The molecule has 0 aromatic heterocycles. The van der Waals surface area contributed by atoms with Crippen LogP contribution in [0.3, 0.4) is 0 Å². The lowest BCUT2D eigenvalue weighted by atomic mass is 9.84. The fourth-order valence-corrected chi connectivity index (χ4v) is 9.48. The van der Waals surface area contributed by atoms with E-state index in [0.717, 1.165) is 80.4 Å². The summed E-state index contributed by atoms with van der Waals surface area (Å²) in [5.41, 5.74) is 25.8. The largest absolute Gasteiger partial charge is 0.370 e. The first-order valence-corrected chi connectivity index (χ1v) is 26.7. The number of imide groups is 1. The number of aryl methyl sites for hydroxylation is 2. The number of hydrogen-bond donors (Lipinski definition) is 7. The van der Waals surface area contributed by atoms with Gasteiger partial charge in [0.1, 0.15) is 30.5 Å². The number of carbonyl (C=O) groups is 7. The molecule has 6 amide bonds. The molecule has 0 radical (unpaired) electrons. The number of aliphatic imine (C=N–C) groups is 1. The molecule has 73 heavy (non-hydrogen) atoms. The molecule has 1 fully saturated rings. The zero-order valence-corrected chi connectivity index (χ0v) is 44.6. The molecule has 2 aromatic carbocycles. The summed E-state index contributed by atoms with van der Waals surface area (Å²) < 4.78 is 0. The zero-order valence-electron chi connectivity index (χ0n) is 44.6. The fraction of sp³-hybridized carbons (Fsp3) is 0.636. The highest BCUT2D eigenvalue weighted by Gasteiger charge is 2.40. The molecule has 18 nitrogen and oxygen atoms in total. The molecule has 0 heterocycles. The van der Waals surface area contributed by atoms with Gasteiger partial charge in [0.2, 0.25) is 29.5 Å². The van der Waals surface area contributed by atoms with E-state index in [0.29, 0.717) is 38.8 Å². The number of nitrogens with one attached hydrogen (secondary N) is 3. The molecule has 0 saturated heterocycles. The number of likely N-dealkylation sites (N-methyl/N-ethyl adjacent to an activating group) is 1. The van der Waals surface area contributed by atoms with Crippen molar-refractivity contribution in [2.75, 3.05) is 33.2 Å². The smallest absolute Gasteiger partial charge is 0.252 e. The number of unbranched alkanes of at least 4 members (excludes halogenated alkanes) is 1. The van der Waals surface area contributed by atoms with Gasteiger partial charge in [-0.1, -0.05) is 113 Å². The SMILES string of the molecule is CC(C)C[C@H](NC(=O)[C@H](C)NC(=O)[C@H](C)NC(=O)[C@H](CCCCN)N(CCCc1ccccc1)CCCc1ccccc1)C(=O)N(C)[C@@H](C)C(=O)N(C(=O)[C@@H](N)CC1CCCCC1)[C@H](C=O)CCCN=C(N)N. The summed E-state index contributed by atoms with van der Waals surface area (Å²) in [7, 11) is 1.40. The van der Waals surface area contributed by atoms with E-state index >= 15 is 0 Å². The number of benzene rings is 2. The van der Waals surface area contributed by atoms with Gasteiger partial charge in [-0.05, 0) is 128 Å². The van der Waals surface area contributed by atoms with Crippen molar-refractivity contribution in [2.24, 2.45) is 39.8 Å². The first-order chi connectivity index (χ1) is 34.9. The van der Waals surface area contributed by atoms with Crippen molar-refractivity contribution in [1.82, 2.24) is 30.7 Å². The molecule has 1 aliphatic carbocycles. The first-order valence-electron chi connectivity index (χ1n) is 26.7. The molecule has 3 rings (SSSR count). The second-order valence-electron chi connectivity index (χ2n) is 20.3. The van der Waals surface area contributed by atoms with Gasteiger partial charge in [0, 0.05) is 13.6 Å². The number of rotatable bonds is 33. The van der Waals surface area contributed by atoms with Crippen molar-refractivity contribution < 1.29 is 33.6 Å². The van der Waals surface area contributed by atoms with Crippen LogP contribution >= 0.6 is 0 Å². The Morgan fingerprint density at radius 1 is 0.699 bits per heavy atom. The standard InChI is InChI=1S/C55H89N11O7/c1-38(2)35-47(54(73)64(6)41(5)52(71)66(45(37-67)29-18-32-60-55(58)59)53(72)46(57)36-44-25-14-9-15-26-44)63-50(69)40(4)61-49(68)39(3)62-51(70)48(30-16-17-31-56)65(33-19-27-42-21-10-7-11-22-42)34-20-28-43-23-12-8-13-24-43/h7-8,10-13,21-24,37-41,44-48H,9,14-20,25-36,56-57H2,1-6H3,(H,61,68)(H,62,70)(H,63,69)(H4,58,59,60)/t39-,40-,41-,45-,46-,47-,48-/m0/s1. The summed E-state index contributed by atoms with van der Waals surface area (Å²) in [6.45, 7) is 10.3. The summed E-state index contributed by atoms with van der Waals surface area (Å²) >= 11 is 0. The minimum Gasteiger partial charge on any atom is -0.370 e. The van der Waals surface area contributed by atoms with Crippen LogP contribution in [0.2, 0.25) is 0 Å². The van der Waals surface area contributed by atoms with Crippen molar-refractivity contribution >= 4 is 47.7 Å². The van der Waals surface area contributed by atoms with Crippen molar-refractivity contribution in [1.29, 1.82) is 0 Å². The van der Waals surface area contributed by atoms with Crippen LogP contribution < -0.4 is 38.9 Å². The average Bonchev–Trinajstić information content (AvgIpc) is 3.37. The van der Waals surface area contributed by atoms with Crippen LogP contribution in [0.1, 0.15) is 136 Å². The molecular formula is C55H89N11O7. The molecule has 1 saturated carbocycles. The maximum atomic E-state index is 14.4. The lowest BCUT2D eigenvalue weighted by Crippen LogP contribution is -2.60. The van der Waals surface area contributed by atoms with Crippen LogP contribution in [0.4, 0.5) is 0 Å². The monoisotopic (exact) mass is 1020 g/mol. The predicted molar refractivity (Wildman–Crippen MR) is 287 cm³/mol. The highest BCUT2D eigenvalue weighted by molar-refractivity contribution is 6.03. The Kier molecular flexibility index (Phi) is 28.0. The Morgan fingerprint density at radius 2 is 1.25 bits per heavy atom. The molecule has 7 atom stereocenters. The van der Waals surface area contributed by atoms with Gasteiger partial charge < -0.3 is 48.6 Å². The van der Waals surface area contributed by atoms with Crippen LogP contribution in [-0.2, 0) is 46.4 Å². The molecule has 11 N–H and O–H groups in total. The van der Waals surface area contributed by atoms with E-state index in [4.69, 9.17) is 22.9 Å². The van der Waals surface area contributed by atoms with E-state index < -0.39 is 71.8 Å². The van der Waals surface area contributed by atoms with Crippen LogP contribution in [0.5, 0.6) is 0 Å². The zero-order chi connectivity index (χ0) is 53.9. The summed E-state index contributed by atoms with van der Waals surface area (Å²) in [4.78, 5) is 105. The third-order valence-electron chi connectivity index (χ3n) is 13.8. The Bertz CT molecular complexity index is 1990. The number of amides is 6. The van der Waals surface area contributed by atoms with Gasteiger partial charge in [0.05, 0.1) is 18.1 Å². The maximum Gasteiger partial charge on any atom is 0.252 e. The van der Waals surface area contributed by atoms with Crippen LogP contribution in [0.15, 0.2) is 65.7 Å². The number of aldehydes is 1. The molecule has 18 heteroatoms. The Morgan fingerprint density at radius 3 is 1.77 bits per heavy atom. The van der Waals surface area contributed by atoms with E-state index in [2.05, 4.69) is 50.1 Å². The summed E-state index contributed by atoms with van der Waals surface area (Å²) in [6, 6.07) is 13.1. The summed E-state index contributed by atoms with van der Waals surface area (Å²) in [6.07, 6.45) is 11.8. The second-order valence-corrected chi connectivity index (χ2v) is 20.3. The van der Waals surface area contributed by atoms with Gasteiger partial charge in [0.25, 0.3) is 5.91 Å². The normalized spacial score (nSPS) is 15.7. The number of nitrogens with two attached hydrogens (primary N) is 4. The molecule has 0 aliphatic heterocycles. The topological polar surface area (TPSA) is 282 Å². The lowest BCUT2D eigenvalue weighted by Gasteiger charge is -2.36. The molecule has 0 spiro atoms. The van der Waals surface area contributed by atoms with E-state index in [1.807, 2.05) is 50.2 Å². The van der Waals surface area contributed by atoms with Crippen molar-refractivity contribution in [2.45, 2.75) is 180 Å². The maximum absolute atomic E-state index is 14.4. The van der Waals surface area contributed by atoms with Gasteiger partial charge in [-0.3, -0.25) is 43.6 Å². The quantitative estimate of drug-likeness (QED) is 0.0233. The average molecular weight is 1020 g/mol. The molecule has 0 bridgehead atoms. The van der Waals surface area contributed by atoms with Gasteiger partial charge in [-0.2, -0.15) is 0 Å². The van der Waals surface area contributed by atoms with Gasteiger partial charge in [0.15, 0.2) is 5.96 Å². The Labute approximate surface area is 434 Å². The van der Waals surface area contributed by atoms with E-state index in [1.165, 1.54) is 32.0 Å². The van der Waals surface area contributed by atoms with Gasteiger partial charge in [-0.25, -0.2) is 0 Å². The minimum atomic E-state index is -1.26. The fourth-order valence-electron chi connectivity index (χ4n) is 9.48. The first kappa shape index (κ1) is 61.6. The predicted octanol–water partition coefficient (Wildman–Crippen LogP) is 3.71. The minimum absolute atomic E-state index is 0.0639. The van der Waals surface area contributed by atoms with Crippen LogP contribution in [0.25, 0.3) is 0 Å². The third kappa shape index (κ3) is 21.7.